The van der Waals surface area contributed by atoms with E-state index in [2.05, 4.69) is 0 Å². The van der Waals surface area contributed by atoms with Gasteiger partial charge in [0.05, 0.1) is 21.4 Å². The highest BCUT2D eigenvalue weighted by Crippen LogP contribution is 2.27. The summed E-state index contributed by atoms with van der Waals surface area (Å²) < 4.78 is 49.7. The number of rotatable bonds is 6. The molecule has 28 heavy (non-hydrogen) atoms. The normalized spacial score (nSPS) is 17.7. The molecule has 0 radical (unpaired) electrons. The van der Waals surface area contributed by atoms with Crippen molar-refractivity contribution in [2.24, 2.45) is 0 Å². The van der Waals surface area contributed by atoms with Crippen LogP contribution in [0.25, 0.3) is 0 Å². The first kappa shape index (κ1) is 22.1. The zero-order chi connectivity index (χ0) is 20.8. The lowest BCUT2D eigenvalue weighted by Gasteiger charge is -2.22. The maximum Gasteiger partial charge on any atom is 0.304 e. The van der Waals surface area contributed by atoms with E-state index >= 15 is 0 Å². The Hall–Kier alpha value is -2.20. The second-order valence-corrected chi connectivity index (χ2v) is 10.5. The summed E-state index contributed by atoms with van der Waals surface area (Å²) in [7, 11) is -8.35. The number of sulfone groups is 2. The minimum Gasteiger partial charge on any atom is -0.372 e. The van der Waals surface area contributed by atoms with Crippen molar-refractivity contribution in [3.63, 3.8) is 0 Å². The van der Waals surface area contributed by atoms with Gasteiger partial charge < -0.3 is 4.90 Å². The van der Waals surface area contributed by atoms with Crippen LogP contribution in [0, 0.1) is 10.1 Å². The van der Waals surface area contributed by atoms with E-state index in [1.807, 2.05) is 0 Å². The lowest BCUT2D eigenvalue weighted by Crippen LogP contribution is -2.24. The number of benzene rings is 1. The van der Waals surface area contributed by atoms with Gasteiger partial charge in [0.2, 0.25) is 9.84 Å². The van der Waals surface area contributed by atoms with Crippen LogP contribution in [-0.2, 0) is 19.7 Å². The van der Waals surface area contributed by atoms with Crippen molar-refractivity contribution in [1.82, 2.24) is 4.90 Å². The van der Waals surface area contributed by atoms with E-state index in [1.54, 1.807) is 11.0 Å². The summed E-state index contributed by atoms with van der Waals surface area (Å²) in [4.78, 5) is 11.6. The highest BCUT2D eigenvalue weighted by molar-refractivity contribution is 7.98. The summed E-state index contributed by atoms with van der Waals surface area (Å²) >= 11 is 0. The SMILES string of the molecule is CS(=O)(=O)/C=C(\C(=C/N1CCCCCCC1)[N+](=O)[O-])S(=O)(=O)c1ccccc1. The van der Waals surface area contributed by atoms with Crippen LogP contribution in [0.1, 0.15) is 32.1 Å². The minimum atomic E-state index is -4.40. The molecule has 0 unspecified atom stereocenters. The lowest BCUT2D eigenvalue weighted by atomic mass is 10.1. The van der Waals surface area contributed by atoms with Crippen molar-refractivity contribution in [3.8, 4) is 0 Å². The fourth-order valence-electron chi connectivity index (χ4n) is 2.96. The molecule has 1 aliphatic heterocycles. The average Bonchev–Trinajstić information content (AvgIpc) is 2.59. The van der Waals surface area contributed by atoms with E-state index in [0.29, 0.717) is 18.5 Å². The molecule has 0 aromatic heterocycles. The summed E-state index contributed by atoms with van der Waals surface area (Å²) in [6, 6.07) is 7.10. The summed E-state index contributed by atoms with van der Waals surface area (Å²) in [6.45, 7) is 1.10. The fourth-order valence-corrected chi connectivity index (χ4v) is 5.67. The van der Waals surface area contributed by atoms with Crippen LogP contribution in [0.15, 0.2) is 57.4 Å². The molecule has 154 valence electrons. The van der Waals surface area contributed by atoms with Gasteiger partial charge >= 0.3 is 5.70 Å². The fraction of sp³-hybridized carbons (Fsp3) is 0.444. The van der Waals surface area contributed by atoms with Crippen LogP contribution in [0.3, 0.4) is 0 Å². The molecule has 0 saturated carbocycles. The summed E-state index contributed by atoms with van der Waals surface area (Å²) in [5, 5.41) is 12.2. The van der Waals surface area contributed by atoms with Gasteiger partial charge in [-0.15, -0.1) is 0 Å². The molecule has 0 spiro atoms. The topological polar surface area (TPSA) is 115 Å². The highest BCUT2D eigenvalue weighted by Gasteiger charge is 2.33. The van der Waals surface area contributed by atoms with E-state index in [-0.39, 0.29) is 4.90 Å². The van der Waals surface area contributed by atoms with Gasteiger partial charge in [0.1, 0.15) is 0 Å². The second-order valence-electron chi connectivity index (χ2n) is 6.70. The minimum absolute atomic E-state index is 0.203. The highest BCUT2D eigenvalue weighted by atomic mass is 32.2. The Balaban J connectivity index is 2.60. The van der Waals surface area contributed by atoms with Gasteiger partial charge in [-0.3, -0.25) is 10.1 Å². The van der Waals surface area contributed by atoms with Crippen molar-refractivity contribution >= 4 is 19.7 Å². The number of nitro groups is 1. The van der Waals surface area contributed by atoms with Crippen molar-refractivity contribution in [2.75, 3.05) is 19.3 Å². The van der Waals surface area contributed by atoms with Crippen molar-refractivity contribution in [3.05, 3.63) is 62.7 Å². The predicted molar refractivity (Wildman–Crippen MR) is 106 cm³/mol. The monoisotopic (exact) mass is 428 g/mol. The molecule has 1 heterocycles. The van der Waals surface area contributed by atoms with Gasteiger partial charge in [0.15, 0.2) is 14.7 Å². The predicted octanol–water partition coefficient (Wildman–Crippen LogP) is 2.73. The van der Waals surface area contributed by atoms with Crippen LogP contribution in [0.4, 0.5) is 0 Å². The molecule has 2 rings (SSSR count). The van der Waals surface area contributed by atoms with Gasteiger partial charge in [-0.2, -0.15) is 0 Å². The van der Waals surface area contributed by atoms with Gasteiger partial charge in [-0.1, -0.05) is 37.5 Å². The summed E-state index contributed by atoms with van der Waals surface area (Å²) in [5.41, 5.74) is -0.741. The first-order valence-corrected chi connectivity index (χ1v) is 12.4. The molecule has 0 amide bonds. The summed E-state index contributed by atoms with van der Waals surface area (Å²) in [5.74, 6) is 0. The van der Waals surface area contributed by atoms with Gasteiger partial charge in [-0.05, 0) is 25.0 Å². The van der Waals surface area contributed by atoms with E-state index < -0.39 is 35.2 Å². The van der Waals surface area contributed by atoms with Crippen LogP contribution >= 0.6 is 0 Å². The maximum absolute atomic E-state index is 13.0. The van der Waals surface area contributed by atoms with Crippen LogP contribution in [0.5, 0.6) is 0 Å². The van der Waals surface area contributed by atoms with Gasteiger partial charge in [-0.25, -0.2) is 16.8 Å². The molecule has 0 atom stereocenters. The number of hydrogen-bond donors (Lipinski definition) is 0. The molecule has 10 heteroatoms. The second kappa shape index (κ2) is 9.33. The molecule has 8 nitrogen and oxygen atoms in total. The molecule has 0 bridgehead atoms. The average molecular weight is 429 g/mol. The Morgan fingerprint density at radius 3 is 2.04 bits per heavy atom. The third-order valence-corrected chi connectivity index (χ3v) is 6.92. The van der Waals surface area contributed by atoms with Crippen molar-refractivity contribution in [1.29, 1.82) is 0 Å². The van der Waals surface area contributed by atoms with Crippen LogP contribution in [-0.4, -0.2) is 46.0 Å². The van der Waals surface area contributed by atoms with Crippen LogP contribution < -0.4 is 0 Å². The maximum atomic E-state index is 13.0. The summed E-state index contributed by atoms with van der Waals surface area (Å²) in [6.07, 6.45) is 6.72. The molecular weight excluding hydrogens is 404 g/mol. The zero-order valence-electron chi connectivity index (χ0n) is 15.7. The molecule has 1 fully saturated rings. The quantitative estimate of drug-likeness (QED) is 0.389. The number of likely N-dealkylation sites (tertiary alicyclic amines) is 1. The molecule has 0 N–H and O–H groups in total. The number of nitrogens with zero attached hydrogens (tertiary/aromatic N) is 2. The first-order valence-electron chi connectivity index (χ1n) is 8.94. The standard InChI is InChI=1S/C18H24N2O6S2/c1-27(23,24)15-18(28(25,26)16-10-6-5-7-11-16)17(20(21)22)14-19-12-8-3-2-4-9-13-19/h5-7,10-11,14-15H,2-4,8-9,12-13H2,1H3/b17-14+,18-15+. The number of hydrogen-bond acceptors (Lipinski definition) is 7. The van der Waals surface area contributed by atoms with Crippen LogP contribution in [0.2, 0.25) is 0 Å². The largest absolute Gasteiger partial charge is 0.372 e. The smallest absolute Gasteiger partial charge is 0.304 e. The Labute approximate surface area is 165 Å². The lowest BCUT2D eigenvalue weighted by molar-refractivity contribution is -0.420. The molecule has 1 saturated heterocycles. The van der Waals surface area contributed by atoms with E-state index in [1.165, 1.54) is 30.5 Å². The van der Waals surface area contributed by atoms with E-state index in [0.717, 1.165) is 38.4 Å². The molecule has 1 aromatic rings. The molecule has 0 aliphatic carbocycles. The van der Waals surface area contributed by atoms with Gasteiger partial charge in [0.25, 0.3) is 0 Å². The Morgan fingerprint density at radius 2 is 1.54 bits per heavy atom. The Morgan fingerprint density at radius 1 is 1.00 bits per heavy atom. The Bertz CT molecular complexity index is 959. The van der Waals surface area contributed by atoms with E-state index in [9.17, 15) is 26.9 Å². The van der Waals surface area contributed by atoms with Gasteiger partial charge in [0, 0.05) is 19.3 Å². The first-order chi connectivity index (χ1) is 13.1. The molecular formula is C18H24N2O6S2. The Kier molecular flexibility index (Phi) is 7.36. The zero-order valence-corrected chi connectivity index (χ0v) is 17.3. The third-order valence-electron chi connectivity index (χ3n) is 4.31. The van der Waals surface area contributed by atoms with E-state index in [4.69, 9.17) is 0 Å². The van der Waals surface area contributed by atoms with Crippen molar-refractivity contribution in [2.45, 2.75) is 37.0 Å². The molecule has 1 aromatic carbocycles. The third kappa shape index (κ3) is 6.16. The van der Waals surface area contributed by atoms with Crippen molar-refractivity contribution < 1.29 is 21.8 Å². The molecule has 1 aliphatic rings.